The Balaban J connectivity index is 2.32. The highest BCUT2D eigenvalue weighted by Gasteiger charge is 2.24. The summed E-state index contributed by atoms with van der Waals surface area (Å²) in [5.41, 5.74) is 6.96. The molecule has 2 rings (SSSR count). The van der Waals surface area contributed by atoms with E-state index in [9.17, 15) is 0 Å². The van der Waals surface area contributed by atoms with E-state index in [0.717, 1.165) is 49.7 Å². The maximum Gasteiger partial charge on any atom is 0.138 e. The normalized spacial score (nSPS) is 19.0. The molecule has 2 heterocycles. The Labute approximate surface area is 127 Å². The first-order valence-corrected chi connectivity index (χ1v) is 7.84. The number of ether oxygens (including phenoxy) is 1. The van der Waals surface area contributed by atoms with Crippen LogP contribution in [0.1, 0.15) is 51.9 Å². The summed E-state index contributed by atoms with van der Waals surface area (Å²) in [4.78, 5) is 11.5. The van der Waals surface area contributed by atoms with Crippen molar-refractivity contribution in [3.8, 4) is 0 Å². The Morgan fingerprint density at radius 3 is 2.57 bits per heavy atom. The lowest BCUT2D eigenvalue weighted by Gasteiger charge is -2.28. The van der Waals surface area contributed by atoms with Crippen molar-refractivity contribution in [2.45, 2.75) is 59.0 Å². The van der Waals surface area contributed by atoms with E-state index in [1.165, 1.54) is 0 Å². The minimum atomic E-state index is -0.111. The minimum absolute atomic E-state index is 0.111. The van der Waals surface area contributed by atoms with E-state index < -0.39 is 0 Å². The third-order valence-corrected chi connectivity index (χ3v) is 3.96. The standard InChI is InChI=1S/C16H28N4O/c1-6-20(10-12-8-7-9-21-12)14-11(2)13(17)18-15(19-14)16(3,4)5/h12H,6-10H2,1-5H3,(H2,17,18,19). The van der Waals surface area contributed by atoms with Crippen molar-refractivity contribution >= 4 is 11.6 Å². The maximum absolute atomic E-state index is 6.11. The molecule has 5 nitrogen and oxygen atoms in total. The number of anilines is 2. The van der Waals surface area contributed by atoms with Gasteiger partial charge in [0.05, 0.1) is 6.10 Å². The number of nitrogen functional groups attached to an aromatic ring is 1. The zero-order chi connectivity index (χ0) is 15.6. The van der Waals surface area contributed by atoms with Crippen LogP contribution in [0.2, 0.25) is 0 Å². The molecule has 1 atom stereocenters. The van der Waals surface area contributed by atoms with Gasteiger partial charge in [-0.15, -0.1) is 0 Å². The Hall–Kier alpha value is -1.36. The van der Waals surface area contributed by atoms with Gasteiger partial charge in [0.15, 0.2) is 0 Å². The van der Waals surface area contributed by atoms with Crippen LogP contribution in [0.5, 0.6) is 0 Å². The Kier molecular flexibility index (Phi) is 4.71. The Morgan fingerprint density at radius 1 is 1.33 bits per heavy atom. The summed E-state index contributed by atoms with van der Waals surface area (Å²) in [7, 11) is 0. The van der Waals surface area contributed by atoms with Crippen LogP contribution in [-0.2, 0) is 10.2 Å². The van der Waals surface area contributed by atoms with Crippen LogP contribution in [0.4, 0.5) is 11.6 Å². The maximum atomic E-state index is 6.11. The molecule has 0 saturated carbocycles. The molecule has 118 valence electrons. The van der Waals surface area contributed by atoms with E-state index in [1.54, 1.807) is 0 Å². The zero-order valence-electron chi connectivity index (χ0n) is 13.9. The molecule has 1 aromatic rings. The van der Waals surface area contributed by atoms with Crippen molar-refractivity contribution in [1.29, 1.82) is 0 Å². The lowest BCUT2D eigenvalue weighted by molar-refractivity contribution is 0.115. The highest BCUT2D eigenvalue weighted by molar-refractivity contribution is 5.57. The van der Waals surface area contributed by atoms with E-state index in [1.807, 2.05) is 6.92 Å². The van der Waals surface area contributed by atoms with Crippen LogP contribution in [0, 0.1) is 6.92 Å². The van der Waals surface area contributed by atoms with E-state index in [0.29, 0.717) is 11.9 Å². The van der Waals surface area contributed by atoms with Gasteiger partial charge in [-0.3, -0.25) is 0 Å². The van der Waals surface area contributed by atoms with Crippen molar-refractivity contribution in [1.82, 2.24) is 9.97 Å². The van der Waals surface area contributed by atoms with Crippen LogP contribution in [0.15, 0.2) is 0 Å². The van der Waals surface area contributed by atoms with Crippen LogP contribution < -0.4 is 10.6 Å². The molecular weight excluding hydrogens is 264 g/mol. The summed E-state index contributed by atoms with van der Waals surface area (Å²) in [6, 6.07) is 0. The lowest BCUT2D eigenvalue weighted by atomic mass is 9.95. The summed E-state index contributed by atoms with van der Waals surface area (Å²) >= 11 is 0. The highest BCUT2D eigenvalue weighted by Crippen LogP contribution is 2.28. The quantitative estimate of drug-likeness (QED) is 0.924. The van der Waals surface area contributed by atoms with Gasteiger partial charge >= 0.3 is 0 Å². The van der Waals surface area contributed by atoms with Gasteiger partial charge in [0.1, 0.15) is 17.5 Å². The second kappa shape index (κ2) is 6.18. The SMILES string of the molecule is CCN(CC1CCCO1)c1nc(C(C)(C)C)nc(N)c1C. The smallest absolute Gasteiger partial charge is 0.138 e. The predicted molar refractivity (Wildman–Crippen MR) is 86.7 cm³/mol. The van der Waals surface area contributed by atoms with Crippen molar-refractivity contribution in [2.24, 2.45) is 0 Å². The minimum Gasteiger partial charge on any atom is -0.383 e. The molecule has 1 aliphatic rings. The molecule has 0 aliphatic carbocycles. The molecular formula is C16H28N4O. The molecule has 1 fully saturated rings. The van der Waals surface area contributed by atoms with Crippen molar-refractivity contribution in [2.75, 3.05) is 30.3 Å². The van der Waals surface area contributed by atoms with Crippen LogP contribution in [0.3, 0.4) is 0 Å². The molecule has 21 heavy (non-hydrogen) atoms. The predicted octanol–water partition coefficient (Wildman–Crippen LogP) is 2.67. The summed E-state index contributed by atoms with van der Waals surface area (Å²) in [5.74, 6) is 2.33. The molecule has 0 spiro atoms. The highest BCUT2D eigenvalue weighted by atomic mass is 16.5. The second-order valence-corrected chi connectivity index (χ2v) is 6.80. The van der Waals surface area contributed by atoms with Crippen LogP contribution >= 0.6 is 0 Å². The van der Waals surface area contributed by atoms with Crippen LogP contribution in [-0.4, -0.2) is 35.8 Å². The van der Waals surface area contributed by atoms with Gasteiger partial charge in [-0.2, -0.15) is 0 Å². The summed E-state index contributed by atoms with van der Waals surface area (Å²) in [5, 5.41) is 0. The molecule has 0 aromatic carbocycles. The van der Waals surface area contributed by atoms with Gasteiger partial charge in [0.2, 0.25) is 0 Å². The van der Waals surface area contributed by atoms with E-state index in [-0.39, 0.29) is 5.41 Å². The molecule has 0 bridgehead atoms. The van der Waals surface area contributed by atoms with Gasteiger partial charge in [0, 0.05) is 30.7 Å². The van der Waals surface area contributed by atoms with E-state index in [4.69, 9.17) is 15.5 Å². The van der Waals surface area contributed by atoms with Crippen molar-refractivity contribution < 1.29 is 4.74 Å². The number of hydrogen-bond acceptors (Lipinski definition) is 5. The molecule has 1 aliphatic heterocycles. The molecule has 1 unspecified atom stereocenters. The summed E-state index contributed by atoms with van der Waals surface area (Å²) in [6.45, 7) is 13.1. The van der Waals surface area contributed by atoms with Crippen LogP contribution in [0.25, 0.3) is 0 Å². The largest absolute Gasteiger partial charge is 0.383 e. The first-order valence-electron chi connectivity index (χ1n) is 7.84. The number of nitrogens with two attached hydrogens (primary N) is 1. The fourth-order valence-corrected chi connectivity index (χ4v) is 2.56. The first kappa shape index (κ1) is 16.0. The number of hydrogen-bond donors (Lipinski definition) is 1. The number of rotatable bonds is 4. The van der Waals surface area contributed by atoms with Gasteiger partial charge in [-0.1, -0.05) is 20.8 Å². The van der Waals surface area contributed by atoms with E-state index in [2.05, 4.69) is 37.6 Å². The Bertz CT molecular complexity index is 490. The van der Waals surface area contributed by atoms with Gasteiger partial charge in [-0.05, 0) is 26.7 Å². The summed E-state index contributed by atoms with van der Waals surface area (Å²) < 4.78 is 5.76. The van der Waals surface area contributed by atoms with Gasteiger partial charge in [-0.25, -0.2) is 9.97 Å². The average molecular weight is 292 g/mol. The first-order chi connectivity index (χ1) is 9.82. The third-order valence-electron chi connectivity index (χ3n) is 3.96. The van der Waals surface area contributed by atoms with Crippen molar-refractivity contribution in [3.05, 3.63) is 11.4 Å². The molecule has 0 radical (unpaired) electrons. The number of nitrogens with zero attached hydrogens (tertiary/aromatic N) is 3. The molecule has 1 aromatic heterocycles. The van der Waals surface area contributed by atoms with Gasteiger partial charge < -0.3 is 15.4 Å². The molecule has 1 saturated heterocycles. The van der Waals surface area contributed by atoms with E-state index >= 15 is 0 Å². The second-order valence-electron chi connectivity index (χ2n) is 6.80. The van der Waals surface area contributed by atoms with Crippen molar-refractivity contribution in [3.63, 3.8) is 0 Å². The fourth-order valence-electron chi connectivity index (χ4n) is 2.56. The lowest BCUT2D eigenvalue weighted by Crippen LogP contribution is -2.34. The molecule has 0 amide bonds. The Morgan fingerprint density at radius 2 is 2.05 bits per heavy atom. The third kappa shape index (κ3) is 3.64. The average Bonchev–Trinajstić information content (AvgIpc) is 2.91. The molecule has 5 heteroatoms. The monoisotopic (exact) mass is 292 g/mol. The number of aromatic nitrogens is 2. The number of likely N-dealkylation sites (N-methyl/N-ethyl adjacent to an activating group) is 1. The topological polar surface area (TPSA) is 64.3 Å². The summed E-state index contributed by atoms with van der Waals surface area (Å²) in [6.07, 6.45) is 2.58. The fraction of sp³-hybridized carbons (Fsp3) is 0.750. The zero-order valence-corrected chi connectivity index (χ0v) is 13.9. The molecule has 2 N–H and O–H groups in total. The van der Waals surface area contributed by atoms with Gasteiger partial charge in [0.25, 0.3) is 0 Å².